The maximum absolute atomic E-state index is 12.1. The molecule has 0 amide bonds. The van der Waals surface area contributed by atoms with Crippen molar-refractivity contribution in [3.05, 3.63) is 0 Å². The quantitative estimate of drug-likeness (QED) is 0.713. The fourth-order valence-electron chi connectivity index (χ4n) is 1.45. The van der Waals surface area contributed by atoms with Crippen molar-refractivity contribution >= 4 is 41.7 Å². The molecule has 0 aromatic rings. The highest BCUT2D eigenvalue weighted by molar-refractivity contribution is 9.10. The second-order valence-electron chi connectivity index (χ2n) is 3.96. The van der Waals surface area contributed by atoms with Gasteiger partial charge in [0.25, 0.3) is 0 Å². The highest BCUT2D eigenvalue weighted by atomic mass is 79.9. The summed E-state index contributed by atoms with van der Waals surface area (Å²) in [5.41, 5.74) is 0. The van der Waals surface area contributed by atoms with Crippen molar-refractivity contribution in [3.63, 3.8) is 0 Å². The molecule has 2 atom stereocenters. The van der Waals surface area contributed by atoms with E-state index in [0.29, 0.717) is 11.9 Å². The van der Waals surface area contributed by atoms with Crippen molar-refractivity contribution in [1.82, 2.24) is 0 Å². The first kappa shape index (κ1) is 12.9. The average Bonchev–Trinajstić information content (AvgIpc) is 2.00. The van der Waals surface area contributed by atoms with Gasteiger partial charge in [0.1, 0.15) is 0 Å². The smallest absolute Gasteiger partial charge is 0.162 e. The normalized spacial score (nSPS) is 32.9. The number of halogens is 2. The van der Waals surface area contributed by atoms with Crippen molar-refractivity contribution in [2.75, 3.05) is 18.5 Å². The lowest BCUT2D eigenvalue weighted by Crippen LogP contribution is -2.51. The Morgan fingerprint density at radius 3 is 2.43 bits per heavy atom. The van der Waals surface area contributed by atoms with Gasteiger partial charge in [-0.05, 0) is 13.8 Å². The molecule has 2 unspecified atom stereocenters. The van der Waals surface area contributed by atoms with Crippen molar-refractivity contribution in [3.8, 4) is 0 Å². The summed E-state index contributed by atoms with van der Waals surface area (Å²) in [5, 5.41) is -0.445. The number of rotatable bonds is 2. The van der Waals surface area contributed by atoms with E-state index in [9.17, 15) is 8.42 Å². The molecule has 1 rings (SSSR count). The van der Waals surface area contributed by atoms with Crippen molar-refractivity contribution < 1.29 is 13.2 Å². The number of hydrogen-bond acceptors (Lipinski definition) is 3. The van der Waals surface area contributed by atoms with E-state index in [-0.39, 0.29) is 6.61 Å². The minimum absolute atomic E-state index is 0.282. The van der Waals surface area contributed by atoms with E-state index < -0.39 is 24.7 Å². The van der Waals surface area contributed by atoms with E-state index in [1.54, 1.807) is 0 Å². The Morgan fingerprint density at radius 1 is 1.43 bits per heavy atom. The zero-order valence-electron chi connectivity index (χ0n) is 8.16. The summed E-state index contributed by atoms with van der Waals surface area (Å²) >= 11 is 6.60. The first-order chi connectivity index (χ1) is 6.30. The van der Waals surface area contributed by atoms with E-state index in [1.807, 2.05) is 13.8 Å². The van der Waals surface area contributed by atoms with Crippen LogP contribution >= 0.6 is 31.9 Å². The van der Waals surface area contributed by atoms with Gasteiger partial charge in [-0.3, -0.25) is 0 Å². The molecule has 0 spiro atoms. The third-order valence-corrected chi connectivity index (χ3v) is 7.19. The fourth-order valence-corrected chi connectivity index (χ4v) is 5.65. The van der Waals surface area contributed by atoms with Gasteiger partial charge in [0.2, 0.25) is 0 Å². The first-order valence-electron chi connectivity index (χ1n) is 4.35. The van der Waals surface area contributed by atoms with E-state index in [4.69, 9.17) is 4.74 Å². The molecule has 6 heteroatoms. The minimum Gasteiger partial charge on any atom is -0.379 e. The maximum atomic E-state index is 12.1. The Morgan fingerprint density at radius 2 is 2.00 bits per heavy atom. The van der Waals surface area contributed by atoms with Gasteiger partial charge in [-0.1, -0.05) is 31.9 Å². The van der Waals surface area contributed by atoms with Crippen LogP contribution in [0, 0.1) is 0 Å². The van der Waals surface area contributed by atoms with Gasteiger partial charge in [-0.15, -0.1) is 0 Å². The lowest BCUT2D eigenvalue weighted by atomic mass is 10.1. The topological polar surface area (TPSA) is 43.4 Å². The SMILES string of the molecule is CC(C)(Br)C1COCC(CBr)S1(=O)=O. The van der Waals surface area contributed by atoms with Gasteiger partial charge in [0, 0.05) is 9.65 Å². The molecule has 0 aromatic carbocycles. The molecule has 0 aromatic heterocycles. The third-order valence-electron chi connectivity index (χ3n) is 2.37. The van der Waals surface area contributed by atoms with Gasteiger partial charge in [-0.2, -0.15) is 0 Å². The molecule has 1 saturated heterocycles. The second-order valence-corrected chi connectivity index (χ2v) is 9.06. The second kappa shape index (κ2) is 4.39. The van der Waals surface area contributed by atoms with E-state index in [1.165, 1.54) is 0 Å². The molecule has 1 aliphatic rings. The van der Waals surface area contributed by atoms with E-state index in [2.05, 4.69) is 31.9 Å². The monoisotopic (exact) mass is 348 g/mol. The van der Waals surface area contributed by atoms with E-state index in [0.717, 1.165) is 0 Å². The Balaban J connectivity index is 2.98. The van der Waals surface area contributed by atoms with E-state index >= 15 is 0 Å². The molecule has 0 bridgehead atoms. The van der Waals surface area contributed by atoms with Crippen LogP contribution in [0.2, 0.25) is 0 Å². The predicted molar refractivity (Wildman–Crippen MR) is 64.1 cm³/mol. The number of hydrogen-bond donors (Lipinski definition) is 0. The van der Waals surface area contributed by atoms with Crippen LogP contribution in [0.5, 0.6) is 0 Å². The minimum atomic E-state index is -3.09. The Hall–Kier alpha value is 0.870. The summed E-state index contributed by atoms with van der Waals surface area (Å²) in [6.45, 7) is 4.29. The van der Waals surface area contributed by atoms with Crippen LogP contribution in [0.25, 0.3) is 0 Å². The molecule has 0 saturated carbocycles. The van der Waals surface area contributed by atoms with Gasteiger partial charge in [-0.25, -0.2) is 8.42 Å². The fraction of sp³-hybridized carbons (Fsp3) is 1.00. The van der Waals surface area contributed by atoms with Gasteiger partial charge >= 0.3 is 0 Å². The molecule has 14 heavy (non-hydrogen) atoms. The predicted octanol–water partition coefficient (Wildman–Crippen LogP) is 1.74. The lowest BCUT2D eigenvalue weighted by Gasteiger charge is -2.35. The molecule has 84 valence electrons. The van der Waals surface area contributed by atoms with Crippen molar-refractivity contribution in [2.45, 2.75) is 28.7 Å². The first-order valence-corrected chi connectivity index (χ1v) is 7.88. The molecular formula is C8H14Br2O3S. The largest absolute Gasteiger partial charge is 0.379 e. The van der Waals surface area contributed by atoms with Gasteiger partial charge in [0.05, 0.1) is 23.7 Å². The van der Waals surface area contributed by atoms with Crippen LogP contribution in [0.1, 0.15) is 13.8 Å². The van der Waals surface area contributed by atoms with Crippen LogP contribution in [0.15, 0.2) is 0 Å². The maximum Gasteiger partial charge on any atom is 0.162 e. The average molecular weight is 350 g/mol. The summed E-state index contributed by atoms with van der Waals surface area (Å²) < 4.78 is 29.0. The molecular weight excluding hydrogens is 336 g/mol. The summed E-state index contributed by atoms with van der Waals surface area (Å²) in [6.07, 6.45) is 0. The van der Waals surface area contributed by atoms with Crippen LogP contribution in [0.3, 0.4) is 0 Å². The van der Waals surface area contributed by atoms with Crippen LogP contribution in [0.4, 0.5) is 0 Å². The van der Waals surface area contributed by atoms with Crippen LogP contribution in [-0.2, 0) is 14.6 Å². The summed E-state index contributed by atoms with van der Waals surface area (Å²) in [6, 6.07) is 0. The Kier molecular flexibility index (Phi) is 4.06. The lowest BCUT2D eigenvalue weighted by molar-refractivity contribution is 0.118. The standard InChI is InChI=1S/C8H14Br2O3S/c1-8(2,10)7-5-13-4-6(3-9)14(7,11)12/h6-7H,3-5H2,1-2H3. The van der Waals surface area contributed by atoms with Crippen molar-refractivity contribution in [1.29, 1.82) is 0 Å². The van der Waals surface area contributed by atoms with Crippen LogP contribution in [-0.4, -0.2) is 41.8 Å². The molecule has 1 aliphatic heterocycles. The molecule has 3 nitrogen and oxygen atoms in total. The highest BCUT2D eigenvalue weighted by Crippen LogP contribution is 2.32. The molecule has 1 heterocycles. The molecule has 0 aliphatic carbocycles. The van der Waals surface area contributed by atoms with Crippen molar-refractivity contribution in [2.24, 2.45) is 0 Å². The zero-order valence-corrected chi connectivity index (χ0v) is 12.2. The molecule has 1 fully saturated rings. The highest BCUT2D eigenvalue weighted by Gasteiger charge is 2.45. The Bertz CT molecular complexity index is 294. The zero-order chi connectivity index (χ0) is 11.0. The number of sulfone groups is 1. The summed E-state index contributed by atoms with van der Waals surface area (Å²) in [4.78, 5) is 0. The summed E-state index contributed by atoms with van der Waals surface area (Å²) in [7, 11) is -3.09. The molecule has 0 radical (unpaired) electrons. The van der Waals surface area contributed by atoms with Crippen LogP contribution < -0.4 is 0 Å². The third kappa shape index (κ3) is 2.51. The summed E-state index contributed by atoms with van der Waals surface area (Å²) in [5.74, 6) is 0. The molecule has 0 N–H and O–H groups in total. The Labute approximate surface area is 102 Å². The van der Waals surface area contributed by atoms with Gasteiger partial charge in [0.15, 0.2) is 9.84 Å². The number of alkyl halides is 2. The van der Waals surface area contributed by atoms with Gasteiger partial charge < -0.3 is 4.74 Å². The number of ether oxygens (including phenoxy) is 1.